The van der Waals surface area contributed by atoms with E-state index in [1.54, 1.807) is 49.6 Å². The number of benzene rings is 3. The van der Waals surface area contributed by atoms with Gasteiger partial charge in [-0.2, -0.15) is 13.2 Å². The monoisotopic (exact) mass is 499 g/mol. The van der Waals surface area contributed by atoms with Crippen molar-refractivity contribution in [1.82, 2.24) is 5.32 Å². The van der Waals surface area contributed by atoms with Crippen LogP contribution in [0.15, 0.2) is 78.9 Å². The lowest BCUT2D eigenvalue weighted by Crippen LogP contribution is -2.32. The molecule has 6 nitrogen and oxygen atoms in total. The lowest BCUT2D eigenvalue weighted by atomic mass is 10.1. The molecule has 2 amide bonds. The van der Waals surface area contributed by atoms with Gasteiger partial charge in [-0.3, -0.25) is 14.9 Å². The number of carbonyl (C=O) groups is 2. The van der Waals surface area contributed by atoms with Crippen molar-refractivity contribution in [2.45, 2.75) is 6.18 Å². The first-order chi connectivity index (χ1) is 16.6. The maximum absolute atomic E-state index is 12.9. The van der Waals surface area contributed by atoms with Crippen LogP contribution >= 0.6 is 12.2 Å². The number of ether oxygens (including phenoxy) is 1. The third-order valence-electron chi connectivity index (χ3n) is 4.61. The summed E-state index contributed by atoms with van der Waals surface area (Å²) in [6.45, 7) is 0. The van der Waals surface area contributed by atoms with Crippen LogP contribution in [-0.4, -0.2) is 24.0 Å². The molecule has 35 heavy (non-hydrogen) atoms. The van der Waals surface area contributed by atoms with Crippen LogP contribution in [0.5, 0.6) is 5.75 Å². The van der Waals surface area contributed by atoms with Crippen LogP contribution in [0.2, 0.25) is 0 Å². The molecule has 3 N–H and O–H groups in total. The van der Waals surface area contributed by atoms with Crippen LogP contribution in [0.1, 0.15) is 21.5 Å². The van der Waals surface area contributed by atoms with Crippen molar-refractivity contribution in [2.75, 3.05) is 17.7 Å². The van der Waals surface area contributed by atoms with Crippen LogP contribution in [0.3, 0.4) is 0 Å². The van der Waals surface area contributed by atoms with Gasteiger partial charge in [0.05, 0.1) is 12.7 Å². The number of methoxy groups -OCH3 is 1. The fourth-order valence-corrected chi connectivity index (χ4v) is 3.14. The Labute approximate surface area is 204 Å². The Morgan fingerprint density at radius 1 is 0.914 bits per heavy atom. The van der Waals surface area contributed by atoms with E-state index in [4.69, 9.17) is 17.0 Å². The molecule has 0 unspecified atom stereocenters. The smallest absolute Gasteiger partial charge is 0.416 e. The molecule has 0 radical (unpaired) electrons. The average Bonchev–Trinajstić information content (AvgIpc) is 2.82. The van der Waals surface area contributed by atoms with Crippen molar-refractivity contribution in [1.29, 1.82) is 0 Å². The highest BCUT2D eigenvalue weighted by molar-refractivity contribution is 7.80. The van der Waals surface area contributed by atoms with Crippen LogP contribution in [0.4, 0.5) is 24.5 Å². The molecule has 0 aliphatic heterocycles. The molecule has 0 fully saturated rings. The molecule has 0 bridgehead atoms. The molecule has 3 rings (SSSR count). The lowest BCUT2D eigenvalue weighted by molar-refractivity contribution is -0.137. The summed E-state index contributed by atoms with van der Waals surface area (Å²) < 4.78 is 43.7. The van der Waals surface area contributed by atoms with Gasteiger partial charge in [0, 0.05) is 23.0 Å². The number of thiocarbonyl (C=S) groups is 1. The summed E-state index contributed by atoms with van der Waals surface area (Å²) >= 11 is 5.14. The zero-order valence-electron chi connectivity index (χ0n) is 18.3. The molecule has 10 heteroatoms. The molecular formula is C25H20F3N3O3S. The van der Waals surface area contributed by atoms with Crippen molar-refractivity contribution in [2.24, 2.45) is 0 Å². The summed E-state index contributed by atoms with van der Waals surface area (Å²) in [7, 11) is 1.56. The number of hydrogen-bond donors (Lipinski definition) is 3. The number of amides is 2. The fourth-order valence-electron chi connectivity index (χ4n) is 2.92. The molecule has 0 heterocycles. The van der Waals surface area contributed by atoms with E-state index >= 15 is 0 Å². The Balaban J connectivity index is 1.58. The van der Waals surface area contributed by atoms with Gasteiger partial charge in [0.2, 0.25) is 5.91 Å². The first-order valence-electron chi connectivity index (χ1n) is 10.2. The molecule has 0 spiro atoms. The third-order valence-corrected chi connectivity index (χ3v) is 4.81. The van der Waals surface area contributed by atoms with Crippen molar-refractivity contribution in [3.63, 3.8) is 0 Å². The molecule has 0 aliphatic carbocycles. The SMILES string of the molecule is COc1ccc(/C=C/C(=O)NC(=S)Nc2cccc(C(=O)Nc3cccc(C(F)(F)F)c3)c2)cc1. The molecule has 0 saturated heterocycles. The summed E-state index contributed by atoms with van der Waals surface area (Å²) in [5.41, 5.74) is 0.522. The summed E-state index contributed by atoms with van der Waals surface area (Å²) in [4.78, 5) is 24.6. The largest absolute Gasteiger partial charge is 0.497 e. The third kappa shape index (κ3) is 7.68. The highest BCUT2D eigenvalue weighted by atomic mass is 32.1. The highest BCUT2D eigenvalue weighted by Gasteiger charge is 2.30. The van der Waals surface area contributed by atoms with Gasteiger partial charge in [0.25, 0.3) is 5.91 Å². The van der Waals surface area contributed by atoms with Gasteiger partial charge in [0.1, 0.15) is 5.75 Å². The standard InChI is InChI=1S/C25H20F3N3O3S/c1-34-21-11-8-16(9-12-21)10-13-22(32)31-24(35)30-19-6-2-4-17(14-19)23(33)29-20-7-3-5-18(15-20)25(26,27)28/h2-15H,1H3,(H,29,33)(H2,30,31,32,35)/b13-10+. The van der Waals surface area contributed by atoms with E-state index in [1.165, 1.54) is 30.3 Å². The van der Waals surface area contributed by atoms with Gasteiger partial charge in [-0.15, -0.1) is 0 Å². The van der Waals surface area contributed by atoms with Crippen molar-refractivity contribution in [3.8, 4) is 5.75 Å². The fraction of sp³-hybridized carbons (Fsp3) is 0.0800. The Hall–Kier alpha value is -4.18. The molecule has 0 aromatic heterocycles. The number of halogens is 3. The van der Waals surface area contributed by atoms with Crippen LogP contribution < -0.4 is 20.7 Å². The Morgan fingerprint density at radius 2 is 1.57 bits per heavy atom. The topological polar surface area (TPSA) is 79.5 Å². The highest BCUT2D eigenvalue weighted by Crippen LogP contribution is 2.30. The molecule has 0 aliphatic rings. The summed E-state index contributed by atoms with van der Waals surface area (Å²) in [5.74, 6) is -0.371. The van der Waals surface area contributed by atoms with E-state index in [1.807, 2.05) is 0 Å². The van der Waals surface area contributed by atoms with Crippen molar-refractivity contribution < 1.29 is 27.5 Å². The van der Waals surface area contributed by atoms with E-state index in [0.29, 0.717) is 11.4 Å². The number of nitrogens with one attached hydrogen (secondary N) is 3. The number of carbonyl (C=O) groups excluding carboxylic acids is 2. The van der Waals surface area contributed by atoms with Gasteiger partial charge < -0.3 is 15.4 Å². The minimum absolute atomic E-state index is 0.00446. The maximum atomic E-state index is 12.9. The summed E-state index contributed by atoms with van der Waals surface area (Å²) in [6, 6.07) is 17.6. The second-order valence-corrected chi connectivity index (χ2v) is 7.57. The van der Waals surface area contributed by atoms with Gasteiger partial charge in [-0.1, -0.05) is 24.3 Å². The van der Waals surface area contributed by atoms with E-state index in [-0.39, 0.29) is 16.4 Å². The number of alkyl halides is 3. The van der Waals surface area contributed by atoms with Crippen molar-refractivity contribution in [3.05, 3.63) is 95.6 Å². The Morgan fingerprint density at radius 3 is 2.23 bits per heavy atom. The predicted octanol–water partition coefficient (Wildman–Crippen LogP) is 5.49. The normalized spacial score (nSPS) is 11.1. The van der Waals surface area contributed by atoms with E-state index in [9.17, 15) is 22.8 Å². The number of hydrogen-bond acceptors (Lipinski definition) is 4. The first kappa shape index (κ1) is 25.4. The van der Waals surface area contributed by atoms with Crippen LogP contribution in [0.25, 0.3) is 6.08 Å². The van der Waals surface area contributed by atoms with Crippen LogP contribution in [0, 0.1) is 0 Å². The van der Waals surface area contributed by atoms with E-state index < -0.39 is 23.6 Å². The zero-order chi connectivity index (χ0) is 25.4. The second-order valence-electron chi connectivity index (χ2n) is 7.16. The van der Waals surface area contributed by atoms with Gasteiger partial charge in [-0.05, 0) is 72.4 Å². The van der Waals surface area contributed by atoms with Crippen molar-refractivity contribution >= 4 is 46.6 Å². The molecule has 3 aromatic rings. The molecule has 0 atom stereocenters. The maximum Gasteiger partial charge on any atom is 0.416 e. The number of anilines is 2. The van der Waals surface area contributed by atoms with Crippen LogP contribution in [-0.2, 0) is 11.0 Å². The molecule has 180 valence electrons. The zero-order valence-corrected chi connectivity index (χ0v) is 19.2. The van der Waals surface area contributed by atoms with E-state index in [0.717, 1.165) is 17.7 Å². The second kappa shape index (κ2) is 11.3. The number of rotatable bonds is 6. The quantitative estimate of drug-likeness (QED) is 0.309. The minimum atomic E-state index is -4.52. The Kier molecular flexibility index (Phi) is 8.21. The van der Waals surface area contributed by atoms with Gasteiger partial charge >= 0.3 is 6.18 Å². The molecule has 0 saturated carbocycles. The average molecular weight is 500 g/mol. The summed E-state index contributed by atoms with van der Waals surface area (Å²) in [5, 5.41) is 7.73. The van der Waals surface area contributed by atoms with Gasteiger partial charge in [0.15, 0.2) is 5.11 Å². The first-order valence-corrected chi connectivity index (χ1v) is 10.6. The molecule has 3 aromatic carbocycles. The minimum Gasteiger partial charge on any atom is -0.497 e. The predicted molar refractivity (Wildman–Crippen MR) is 132 cm³/mol. The lowest BCUT2D eigenvalue weighted by Gasteiger charge is -2.11. The molecular weight excluding hydrogens is 479 g/mol. The van der Waals surface area contributed by atoms with Gasteiger partial charge in [-0.25, -0.2) is 0 Å². The Bertz CT molecular complexity index is 1260. The summed E-state index contributed by atoms with van der Waals surface area (Å²) in [6.07, 6.45) is -1.60. The van der Waals surface area contributed by atoms with E-state index in [2.05, 4.69) is 16.0 Å².